The van der Waals surface area contributed by atoms with Gasteiger partial charge in [0.25, 0.3) is 0 Å². The Labute approximate surface area is 323 Å². The molecule has 0 heterocycles. The van der Waals surface area contributed by atoms with Crippen LogP contribution in [0.25, 0.3) is 130 Å². The van der Waals surface area contributed by atoms with Crippen molar-refractivity contribution in [1.29, 1.82) is 0 Å². The van der Waals surface area contributed by atoms with E-state index in [9.17, 15) is 0 Å². The fourth-order valence-corrected chi connectivity index (χ4v) is 10.4. The van der Waals surface area contributed by atoms with E-state index in [1.165, 1.54) is 130 Å². The molecule has 0 bridgehead atoms. The summed E-state index contributed by atoms with van der Waals surface area (Å²) in [5, 5.41) is 23.6. The first-order valence-electron chi connectivity index (χ1n) is 19.6. The summed E-state index contributed by atoms with van der Waals surface area (Å²) in [6, 6.07) is 72.7. The molecule has 0 spiro atoms. The van der Waals surface area contributed by atoms with E-state index < -0.39 is 0 Å². The summed E-state index contributed by atoms with van der Waals surface area (Å²) in [6.45, 7) is 0. The van der Waals surface area contributed by atoms with E-state index >= 15 is 0 Å². The van der Waals surface area contributed by atoms with Crippen molar-refractivity contribution in [2.45, 2.75) is 0 Å². The van der Waals surface area contributed by atoms with E-state index in [0.29, 0.717) is 0 Å². The molecule has 0 aliphatic heterocycles. The molecule has 0 N–H and O–H groups in total. The third kappa shape index (κ3) is 3.98. The average molecular weight is 705 g/mol. The van der Waals surface area contributed by atoms with Gasteiger partial charge in [-0.15, -0.1) is 0 Å². The molecule has 0 aromatic heterocycles. The molecule has 13 rings (SSSR count). The maximum Gasteiger partial charge on any atom is -0.000697 e. The quantitative estimate of drug-likeness (QED) is 0.161. The molecule has 0 saturated heterocycles. The molecule has 13 aromatic rings. The summed E-state index contributed by atoms with van der Waals surface area (Å²) < 4.78 is 0. The minimum Gasteiger partial charge on any atom is -0.0622 e. The average Bonchev–Trinajstić information content (AvgIpc) is 3.76. The van der Waals surface area contributed by atoms with Gasteiger partial charge in [-0.05, 0) is 155 Å². The van der Waals surface area contributed by atoms with Gasteiger partial charge in [-0.2, -0.15) is 0 Å². The van der Waals surface area contributed by atoms with Crippen molar-refractivity contribution < 1.29 is 0 Å². The van der Waals surface area contributed by atoms with E-state index in [2.05, 4.69) is 194 Å². The summed E-state index contributed by atoms with van der Waals surface area (Å²) in [6.07, 6.45) is 0. The Balaban J connectivity index is 1.26. The van der Waals surface area contributed by atoms with Crippen LogP contribution in [0, 0.1) is 0 Å². The maximum atomic E-state index is 2.54. The van der Waals surface area contributed by atoms with Crippen molar-refractivity contribution >= 4 is 97.0 Å². The highest BCUT2D eigenvalue weighted by molar-refractivity contribution is 6.46. The van der Waals surface area contributed by atoms with Gasteiger partial charge in [-0.3, -0.25) is 0 Å². The Morgan fingerprint density at radius 2 is 0.732 bits per heavy atom. The van der Waals surface area contributed by atoms with E-state index in [1.807, 2.05) is 0 Å². The summed E-state index contributed by atoms with van der Waals surface area (Å²) in [5.41, 5.74) is 7.61. The molecule has 13 aromatic carbocycles. The monoisotopic (exact) mass is 704 g/mol. The van der Waals surface area contributed by atoms with Gasteiger partial charge in [-0.1, -0.05) is 170 Å². The fourth-order valence-electron chi connectivity index (χ4n) is 10.4. The van der Waals surface area contributed by atoms with Gasteiger partial charge >= 0.3 is 0 Å². The smallest absolute Gasteiger partial charge is 0.000697 e. The second-order valence-corrected chi connectivity index (χ2v) is 15.5. The molecule has 0 fully saturated rings. The minimum absolute atomic E-state index is 1.24. The van der Waals surface area contributed by atoms with Crippen LogP contribution in [-0.2, 0) is 0 Å². The lowest BCUT2D eigenvalue weighted by Crippen LogP contribution is -1.91. The van der Waals surface area contributed by atoms with Crippen molar-refractivity contribution in [2.75, 3.05) is 0 Å². The molecule has 0 saturated carbocycles. The van der Waals surface area contributed by atoms with Crippen molar-refractivity contribution in [3.63, 3.8) is 0 Å². The number of fused-ring (bicyclic) bond motifs is 11. The van der Waals surface area contributed by atoms with E-state index in [4.69, 9.17) is 0 Å². The first-order chi connectivity index (χ1) is 27.8. The predicted molar refractivity (Wildman–Crippen MR) is 243 cm³/mol. The van der Waals surface area contributed by atoms with E-state index in [0.717, 1.165) is 0 Å². The second-order valence-electron chi connectivity index (χ2n) is 15.5. The molecule has 0 radical (unpaired) electrons. The number of rotatable bonds is 3. The Hall–Kier alpha value is -7.28. The lowest BCUT2D eigenvalue weighted by Gasteiger charge is -2.19. The largest absolute Gasteiger partial charge is 0.0622 e. The van der Waals surface area contributed by atoms with Gasteiger partial charge in [0, 0.05) is 0 Å². The molecule has 0 unspecified atom stereocenters. The summed E-state index contributed by atoms with van der Waals surface area (Å²) in [7, 11) is 0. The van der Waals surface area contributed by atoms with Crippen molar-refractivity contribution in [3.8, 4) is 33.4 Å². The van der Waals surface area contributed by atoms with Crippen LogP contribution in [0.2, 0.25) is 0 Å². The van der Waals surface area contributed by atoms with E-state index in [-0.39, 0.29) is 0 Å². The van der Waals surface area contributed by atoms with Gasteiger partial charge in [0.1, 0.15) is 0 Å². The number of benzene rings is 11. The van der Waals surface area contributed by atoms with Gasteiger partial charge in [0.15, 0.2) is 0 Å². The molecule has 0 heteroatoms. The molecular formula is C56H32. The van der Waals surface area contributed by atoms with Crippen LogP contribution < -0.4 is 0 Å². The number of hydrogen-bond donors (Lipinski definition) is 0. The zero-order valence-electron chi connectivity index (χ0n) is 30.5. The fraction of sp³-hybridized carbons (Fsp3) is 0. The first-order valence-corrected chi connectivity index (χ1v) is 19.6. The topological polar surface area (TPSA) is 0 Å². The maximum absolute atomic E-state index is 2.54. The molecule has 56 heavy (non-hydrogen) atoms. The zero-order valence-corrected chi connectivity index (χ0v) is 30.5. The lowest BCUT2D eigenvalue weighted by molar-refractivity contribution is 1.68. The van der Waals surface area contributed by atoms with Crippen molar-refractivity contribution in [3.05, 3.63) is 194 Å². The van der Waals surface area contributed by atoms with Crippen LogP contribution in [0.4, 0.5) is 0 Å². The Kier molecular flexibility index (Phi) is 5.98. The normalized spacial score (nSPS) is 12.3. The number of hydrogen-bond acceptors (Lipinski definition) is 0. The standard InChI is InChI=1S/C56H32/c1-3-14-34(15-4-1)50-49-32-47-41-28-27-38(37-26-25-33-13-7-8-18-36(33)29-37)30-46(41)43-22-12-23-44(52(43)47)54(49)51(35-16-5-2-6-17-35)56-48-31-39-19-9-10-20-40(39)42-21-11-24-45(53(42)48)55(50)56/h1-32H. The van der Waals surface area contributed by atoms with Crippen molar-refractivity contribution in [1.82, 2.24) is 0 Å². The van der Waals surface area contributed by atoms with Crippen LogP contribution in [0.5, 0.6) is 0 Å². The van der Waals surface area contributed by atoms with Crippen LogP contribution >= 0.6 is 0 Å². The van der Waals surface area contributed by atoms with Gasteiger partial charge in [0.05, 0.1) is 0 Å². The summed E-state index contributed by atoms with van der Waals surface area (Å²) in [4.78, 5) is 0. The van der Waals surface area contributed by atoms with Gasteiger partial charge in [-0.25, -0.2) is 0 Å². The van der Waals surface area contributed by atoms with E-state index in [1.54, 1.807) is 0 Å². The highest BCUT2D eigenvalue weighted by Gasteiger charge is 2.27. The molecule has 0 amide bonds. The summed E-state index contributed by atoms with van der Waals surface area (Å²) >= 11 is 0. The highest BCUT2D eigenvalue weighted by Crippen LogP contribution is 2.55. The Morgan fingerprint density at radius 1 is 0.179 bits per heavy atom. The summed E-state index contributed by atoms with van der Waals surface area (Å²) in [5.74, 6) is 0. The third-order valence-electron chi connectivity index (χ3n) is 12.7. The molecule has 256 valence electrons. The molecule has 0 atom stereocenters. The van der Waals surface area contributed by atoms with Crippen LogP contribution in [-0.4, -0.2) is 0 Å². The minimum atomic E-state index is 1.24. The highest BCUT2D eigenvalue weighted by atomic mass is 14.3. The Morgan fingerprint density at radius 3 is 1.52 bits per heavy atom. The van der Waals surface area contributed by atoms with Crippen LogP contribution in [0.3, 0.4) is 0 Å². The van der Waals surface area contributed by atoms with Gasteiger partial charge < -0.3 is 0 Å². The first kappa shape index (κ1) is 30.1. The molecule has 0 nitrogen and oxygen atoms in total. The molecule has 0 aliphatic rings. The van der Waals surface area contributed by atoms with Crippen LogP contribution in [0.1, 0.15) is 0 Å². The Bertz CT molecular complexity index is 3720. The predicted octanol–water partition coefficient (Wildman–Crippen LogP) is 15.9. The SMILES string of the molecule is c1ccc(-c2c3cc4c5ccc(-c6ccc7ccccc7c6)cc5c5cccc(c3c(-c3ccccc3)c3c6cc7ccccc7c7cccc(c23)c76)c54)cc1. The molecule has 0 aliphatic carbocycles. The van der Waals surface area contributed by atoms with Gasteiger partial charge in [0.2, 0.25) is 0 Å². The van der Waals surface area contributed by atoms with Crippen LogP contribution in [0.15, 0.2) is 194 Å². The van der Waals surface area contributed by atoms with Crippen molar-refractivity contribution in [2.24, 2.45) is 0 Å². The second kappa shape index (κ2) is 11.1. The zero-order chi connectivity index (χ0) is 36.5. The lowest BCUT2D eigenvalue weighted by atomic mass is 9.84. The third-order valence-corrected chi connectivity index (χ3v) is 12.7. The molecular weight excluding hydrogens is 673 g/mol.